The van der Waals surface area contributed by atoms with Crippen LogP contribution in [0.15, 0.2) is 0 Å². The van der Waals surface area contributed by atoms with E-state index in [9.17, 15) is 4.79 Å². The summed E-state index contributed by atoms with van der Waals surface area (Å²) in [6.07, 6.45) is 4.66. The van der Waals surface area contributed by atoms with Crippen LogP contribution in [0.2, 0.25) is 0 Å². The fourth-order valence-electron chi connectivity index (χ4n) is 3.46. The molecule has 1 amide bonds. The molecule has 0 aromatic rings. The van der Waals surface area contributed by atoms with Gasteiger partial charge in [-0.1, -0.05) is 0 Å². The lowest BCUT2D eigenvalue weighted by Crippen LogP contribution is -2.38. The third-order valence-corrected chi connectivity index (χ3v) is 4.74. The van der Waals surface area contributed by atoms with Crippen LogP contribution in [0.1, 0.15) is 25.7 Å². The van der Waals surface area contributed by atoms with Crippen molar-refractivity contribution in [1.29, 1.82) is 0 Å². The minimum atomic E-state index is 0.350. The van der Waals surface area contributed by atoms with Crippen LogP contribution in [0.5, 0.6) is 0 Å². The monoisotopic (exact) mass is 237 g/mol. The van der Waals surface area contributed by atoms with Crippen molar-refractivity contribution < 1.29 is 4.79 Å². The number of nitrogens with zero attached hydrogens (tertiary/aromatic N) is 1. The van der Waals surface area contributed by atoms with Crippen molar-refractivity contribution in [2.45, 2.75) is 25.7 Å². The van der Waals surface area contributed by atoms with Gasteiger partial charge >= 0.3 is 0 Å². The van der Waals surface area contributed by atoms with Crippen LogP contribution >= 0.6 is 0 Å². The third-order valence-electron chi connectivity index (χ3n) is 4.74. The molecule has 2 heterocycles. The number of hydrogen-bond acceptors (Lipinski definition) is 3. The number of piperidine rings is 1. The molecule has 0 radical (unpaired) electrons. The number of rotatable bonds is 1. The van der Waals surface area contributed by atoms with Gasteiger partial charge in [-0.25, -0.2) is 0 Å². The van der Waals surface area contributed by atoms with Crippen LogP contribution in [0.4, 0.5) is 0 Å². The van der Waals surface area contributed by atoms with Crippen molar-refractivity contribution in [1.82, 2.24) is 15.5 Å². The molecular formula is C13H23N3O. The highest BCUT2D eigenvalue weighted by atomic mass is 16.2. The fourth-order valence-corrected chi connectivity index (χ4v) is 3.46. The molecule has 3 aliphatic rings. The first-order valence-corrected chi connectivity index (χ1v) is 7.02. The van der Waals surface area contributed by atoms with Gasteiger partial charge in [0, 0.05) is 25.6 Å². The molecule has 17 heavy (non-hydrogen) atoms. The first kappa shape index (κ1) is 11.5. The SMILES string of the molecule is O=C(C1CC12CCNCC2)N1CCCNCC1. The molecule has 96 valence electrons. The van der Waals surface area contributed by atoms with E-state index in [2.05, 4.69) is 15.5 Å². The number of carbonyl (C=O) groups excluding carboxylic acids is 1. The standard InChI is InChI=1S/C13H23N3O/c17-12(16-8-1-4-14-7-9-16)11-10-13(11)2-5-15-6-3-13/h11,14-15H,1-10H2. The first-order valence-electron chi connectivity index (χ1n) is 7.02. The highest BCUT2D eigenvalue weighted by Crippen LogP contribution is 2.59. The van der Waals surface area contributed by atoms with Crippen LogP contribution in [-0.4, -0.2) is 50.1 Å². The van der Waals surface area contributed by atoms with E-state index in [4.69, 9.17) is 0 Å². The Balaban J connectivity index is 1.59. The lowest BCUT2D eigenvalue weighted by atomic mass is 9.91. The van der Waals surface area contributed by atoms with E-state index in [0.29, 0.717) is 17.2 Å². The van der Waals surface area contributed by atoms with Crippen LogP contribution in [0, 0.1) is 11.3 Å². The van der Waals surface area contributed by atoms with Crippen molar-refractivity contribution in [2.75, 3.05) is 39.3 Å². The van der Waals surface area contributed by atoms with E-state index in [-0.39, 0.29) is 0 Å². The number of hydrogen-bond donors (Lipinski definition) is 2. The van der Waals surface area contributed by atoms with Gasteiger partial charge in [0.05, 0.1) is 0 Å². The Kier molecular flexibility index (Phi) is 3.09. The normalized spacial score (nSPS) is 32.2. The highest BCUT2D eigenvalue weighted by Gasteiger charge is 2.58. The maximum atomic E-state index is 12.5. The molecule has 2 aliphatic heterocycles. The second-order valence-electron chi connectivity index (χ2n) is 5.80. The van der Waals surface area contributed by atoms with Gasteiger partial charge in [0.1, 0.15) is 0 Å². The molecule has 2 N–H and O–H groups in total. The van der Waals surface area contributed by atoms with Gasteiger partial charge in [-0.05, 0) is 50.7 Å². The van der Waals surface area contributed by atoms with E-state index >= 15 is 0 Å². The quantitative estimate of drug-likeness (QED) is 0.685. The molecule has 3 fully saturated rings. The molecule has 4 heteroatoms. The van der Waals surface area contributed by atoms with Gasteiger partial charge in [-0.3, -0.25) is 4.79 Å². The lowest BCUT2D eigenvalue weighted by molar-refractivity contribution is -0.133. The molecule has 1 unspecified atom stereocenters. The Labute approximate surface area is 103 Å². The Morgan fingerprint density at radius 1 is 1.06 bits per heavy atom. The van der Waals surface area contributed by atoms with Gasteiger partial charge in [0.15, 0.2) is 0 Å². The molecule has 1 atom stereocenters. The summed E-state index contributed by atoms with van der Waals surface area (Å²) in [4.78, 5) is 14.6. The minimum absolute atomic E-state index is 0.350. The van der Waals surface area contributed by atoms with Gasteiger partial charge < -0.3 is 15.5 Å². The van der Waals surface area contributed by atoms with Crippen molar-refractivity contribution in [3.8, 4) is 0 Å². The van der Waals surface area contributed by atoms with Crippen molar-refractivity contribution >= 4 is 5.91 Å². The molecule has 4 nitrogen and oxygen atoms in total. The summed E-state index contributed by atoms with van der Waals surface area (Å²) in [7, 11) is 0. The second-order valence-corrected chi connectivity index (χ2v) is 5.80. The fraction of sp³-hybridized carbons (Fsp3) is 0.923. The average molecular weight is 237 g/mol. The van der Waals surface area contributed by atoms with E-state index in [0.717, 1.165) is 52.1 Å². The predicted molar refractivity (Wildman–Crippen MR) is 66.7 cm³/mol. The molecule has 3 rings (SSSR count). The zero-order chi connectivity index (χ0) is 11.7. The second kappa shape index (κ2) is 4.58. The summed E-state index contributed by atoms with van der Waals surface area (Å²) < 4.78 is 0. The summed E-state index contributed by atoms with van der Waals surface area (Å²) in [6, 6.07) is 0. The molecule has 1 aliphatic carbocycles. The predicted octanol–water partition coefficient (Wildman–Crippen LogP) is 0.198. The van der Waals surface area contributed by atoms with Crippen molar-refractivity contribution in [3.05, 3.63) is 0 Å². The van der Waals surface area contributed by atoms with Crippen LogP contribution in [0.3, 0.4) is 0 Å². The van der Waals surface area contributed by atoms with E-state index in [1.807, 2.05) is 0 Å². The first-order chi connectivity index (χ1) is 8.32. The third kappa shape index (κ3) is 2.20. The Bertz CT molecular complexity index is 291. The highest BCUT2D eigenvalue weighted by molar-refractivity contribution is 5.82. The van der Waals surface area contributed by atoms with E-state index in [1.165, 1.54) is 12.8 Å². The zero-order valence-electron chi connectivity index (χ0n) is 10.5. The molecular weight excluding hydrogens is 214 g/mol. The molecule has 1 spiro atoms. The number of nitrogens with one attached hydrogen (secondary N) is 2. The summed E-state index contributed by atoms with van der Waals surface area (Å²) in [5, 5.41) is 6.75. The maximum Gasteiger partial charge on any atom is 0.226 e. The lowest BCUT2D eigenvalue weighted by Gasteiger charge is -2.26. The largest absolute Gasteiger partial charge is 0.341 e. The van der Waals surface area contributed by atoms with Crippen LogP contribution in [0.25, 0.3) is 0 Å². The summed E-state index contributed by atoms with van der Waals surface area (Å²) in [6.45, 7) is 6.09. The van der Waals surface area contributed by atoms with Crippen molar-refractivity contribution in [2.24, 2.45) is 11.3 Å². The van der Waals surface area contributed by atoms with Crippen LogP contribution in [-0.2, 0) is 4.79 Å². The zero-order valence-corrected chi connectivity index (χ0v) is 10.5. The smallest absolute Gasteiger partial charge is 0.226 e. The van der Waals surface area contributed by atoms with E-state index in [1.54, 1.807) is 0 Å². The molecule has 2 saturated heterocycles. The van der Waals surface area contributed by atoms with Gasteiger partial charge in [-0.15, -0.1) is 0 Å². The summed E-state index contributed by atoms with van der Waals surface area (Å²) >= 11 is 0. The Hall–Kier alpha value is -0.610. The van der Waals surface area contributed by atoms with E-state index < -0.39 is 0 Å². The topological polar surface area (TPSA) is 44.4 Å². The van der Waals surface area contributed by atoms with Gasteiger partial charge in [0.25, 0.3) is 0 Å². The van der Waals surface area contributed by atoms with Gasteiger partial charge in [0.2, 0.25) is 5.91 Å². The molecule has 1 saturated carbocycles. The average Bonchev–Trinajstić information content (AvgIpc) is 3.10. The maximum absolute atomic E-state index is 12.5. The summed E-state index contributed by atoms with van der Waals surface area (Å²) in [5.74, 6) is 0.790. The Morgan fingerprint density at radius 3 is 2.65 bits per heavy atom. The summed E-state index contributed by atoms with van der Waals surface area (Å²) in [5.41, 5.74) is 0.391. The minimum Gasteiger partial charge on any atom is -0.341 e. The van der Waals surface area contributed by atoms with Gasteiger partial charge in [-0.2, -0.15) is 0 Å². The molecule has 0 bridgehead atoms. The number of amides is 1. The number of carbonyl (C=O) groups is 1. The molecule has 0 aromatic heterocycles. The Morgan fingerprint density at radius 2 is 1.82 bits per heavy atom. The molecule has 0 aromatic carbocycles. The van der Waals surface area contributed by atoms with Crippen LogP contribution < -0.4 is 10.6 Å². The van der Waals surface area contributed by atoms with Crippen molar-refractivity contribution in [3.63, 3.8) is 0 Å².